The molecule has 150 valence electrons. The Balaban J connectivity index is 1.98. The van der Waals surface area contributed by atoms with Crippen LogP contribution in [0.2, 0.25) is 0 Å². The first kappa shape index (κ1) is 23.2. The number of hydrogen-bond acceptors (Lipinski definition) is 1. The Kier molecular flexibility index (Phi) is 12.7. The lowest BCUT2D eigenvalue weighted by atomic mass is 9.77. The molecule has 2 N–H and O–H groups in total. The van der Waals surface area contributed by atoms with Gasteiger partial charge in [-0.1, -0.05) is 135 Å². The summed E-state index contributed by atoms with van der Waals surface area (Å²) < 4.78 is 0. The van der Waals surface area contributed by atoms with Crippen LogP contribution in [-0.2, 0) is 0 Å². The predicted molar refractivity (Wildman–Crippen MR) is 117 cm³/mol. The van der Waals surface area contributed by atoms with Gasteiger partial charge in [-0.3, -0.25) is 0 Å². The van der Waals surface area contributed by atoms with Crippen molar-refractivity contribution in [3.63, 3.8) is 0 Å². The predicted octanol–water partition coefficient (Wildman–Crippen LogP) is 8.19. The summed E-state index contributed by atoms with van der Waals surface area (Å²) >= 11 is 0. The van der Waals surface area contributed by atoms with Crippen LogP contribution in [0.15, 0.2) is 30.3 Å². The average molecular weight is 360 g/mol. The Morgan fingerprint density at radius 3 is 1.58 bits per heavy atom. The molecule has 1 aromatic rings. The molecule has 0 amide bonds. The largest absolute Gasteiger partial charge is 0.324 e. The summed E-state index contributed by atoms with van der Waals surface area (Å²) in [4.78, 5) is 0. The molecule has 0 aromatic heterocycles. The standard InChI is InChI=1S/C25H45N/c1-4-5-6-7-8-9-10-11-12-13-14-15-19-22-25(2,3)24(26)23-20-17-16-18-21-23/h16-18,20-21,24H,4-15,19,22,26H2,1-3H3. The summed E-state index contributed by atoms with van der Waals surface area (Å²) in [6.07, 6.45) is 19.6. The molecule has 0 radical (unpaired) electrons. The molecule has 0 saturated carbocycles. The number of hydrogen-bond donors (Lipinski definition) is 1. The number of nitrogens with two attached hydrogens (primary N) is 1. The van der Waals surface area contributed by atoms with E-state index in [1.807, 2.05) is 0 Å². The van der Waals surface area contributed by atoms with E-state index in [1.165, 1.54) is 95.5 Å². The van der Waals surface area contributed by atoms with Crippen molar-refractivity contribution >= 4 is 0 Å². The van der Waals surface area contributed by atoms with Gasteiger partial charge >= 0.3 is 0 Å². The molecule has 1 rings (SSSR count). The lowest BCUT2D eigenvalue weighted by Gasteiger charge is -2.32. The molecule has 1 atom stereocenters. The van der Waals surface area contributed by atoms with Gasteiger partial charge in [0.1, 0.15) is 0 Å². The van der Waals surface area contributed by atoms with Gasteiger partial charge in [0.25, 0.3) is 0 Å². The van der Waals surface area contributed by atoms with Gasteiger partial charge in [0, 0.05) is 6.04 Å². The van der Waals surface area contributed by atoms with Gasteiger partial charge in [0.2, 0.25) is 0 Å². The van der Waals surface area contributed by atoms with Crippen molar-refractivity contribution in [2.45, 2.75) is 117 Å². The smallest absolute Gasteiger partial charge is 0.0346 e. The zero-order valence-electron chi connectivity index (χ0n) is 17.9. The van der Waals surface area contributed by atoms with Gasteiger partial charge in [-0.05, 0) is 17.4 Å². The van der Waals surface area contributed by atoms with Crippen molar-refractivity contribution in [3.8, 4) is 0 Å². The molecule has 0 spiro atoms. The van der Waals surface area contributed by atoms with Crippen LogP contribution in [0.5, 0.6) is 0 Å². The Labute approximate surface area is 164 Å². The van der Waals surface area contributed by atoms with Crippen molar-refractivity contribution < 1.29 is 0 Å². The van der Waals surface area contributed by atoms with Crippen LogP contribution in [-0.4, -0.2) is 0 Å². The monoisotopic (exact) mass is 359 g/mol. The normalized spacial score (nSPS) is 13.1. The van der Waals surface area contributed by atoms with Crippen molar-refractivity contribution in [1.29, 1.82) is 0 Å². The van der Waals surface area contributed by atoms with Gasteiger partial charge in [0.05, 0.1) is 0 Å². The van der Waals surface area contributed by atoms with E-state index in [0.717, 1.165) is 0 Å². The molecule has 0 bridgehead atoms. The molecule has 1 heteroatoms. The fourth-order valence-electron chi connectivity index (χ4n) is 3.87. The fraction of sp³-hybridized carbons (Fsp3) is 0.760. The van der Waals surface area contributed by atoms with E-state index in [1.54, 1.807) is 0 Å². The van der Waals surface area contributed by atoms with Gasteiger partial charge in [-0.2, -0.15) is 0 Å². The highest BCUT2D eigenvalue weighted by atomic mass is 14.7. The molecule has 0 fully saturated rings. The molecular weight excluding hydrogens is 314 g/mol. The molecule has 0 aliphatic heterocycles. The first-order valence-electron chi connectivity index (χ1n) is 11.4. The topological polar surface area (TPSA) is 26.0 Å². The molecule has 0 heterocycles. The van der Waals surface area contributed by atoms with Crippen LogP contribution in [0.25, 0.3) is 0 Å². The van der Waals surface area contributed by atoms with Crippen molar-refractivity contribution in [2.75, 3.05) is 0 Å². The van der Waals surface area contributed by atoms with E-state index in [-0.39, 0.29) is 11.5 Å². The van der Waals surface area contributed by atoms with E-state index >= 15 is 0 Å². The van der Waals surface area contributed by atoms with Crippen LogP contribution < -0.4 is 5.73 Å². The Hall–Kier alpha value is -0.820. The summed E-state index contributed by atoms with van der Waals surface area (Å²) in [5, 5.41) is 0. The maximum Gasteiger partial charge on any atom is 0.0346 e. The third-order valence-electron chi connectivity index (χ3n) is 5.93. The highest BCUT2D eigenvalue weighted by molar-refractivity contribution is 5.20. The first-order chi connectivity index (χ1) is 12.6. The third kappa shape index (κ3) is 10.4. The SMILES string of the molecule is CCCCCCCCCCCCCCCC(C)(C)C(N)c1ccccc1. The van der Waals surface area contributed by atoms with Crippen LogP contribution >= 0.6 is 0 Å². The van der Waals surface area contributed by atoms with Crippen LogP contribution in [0.3, 0.4) is 0 Å². The van der Waals surface area contributed by atoms with Crippen LogP contribution in [0, 0.1) is 5.41 Å². The maximum absolute atomic E-state index is 6.52. The fourth-order valence-corrected chi connectivity index (χ4v) is 3.87. The van der Waals surface area contributed by atoms with Crippen LogP contribution in [0.1, 0.15) is 122 Å². The summed E-state index contributed by atoms with van der Waals surface area (Å²) in [6.45, 7) is 6.94. The van der Waals surface area contributed by atoms with E-state index in [9.17, 15) is 0 Å². The minimum absolute atomic E-state index is 0.140. The zero-order chi connectivity index (χ0) is 19.1. The van der Waals surface area contributed by atoms with Gasteiger partial charge in [-0.15, -0.1) is 0 Å². The molecular formula is C25H45N. The van der Waals surface area contributed by atoms with Crippen molar-refractivity contribution in [2.24, 2.45) is 11.1 Å². The number of rotatable bonds is 16. The quantitative estimate of drug-likeness (QED) is 0.296. The summed E-state index contributed by atoms with van der Waals surface area (Å²) in [5.41, 5.74) is 7.97. The first-order valence-corrected chi connectivity index (χ1v) is 11.4. The Bertz CT molecular complexity index is 423. The lowest BCUT2D eigenvalue weighted by molar-refractivity contribution is 0.255. The number of benzene rings is 1. The summed E-state index contributed by atoms with van der Waals surface area (Å²) in [7, 11) is 0. The van der Waals surface area contributed by atoms with E-state index in [0.29, 0.717) is 0 Å². The number of unbranched alkanes of at least 4 members (excludes halogenated alkanes) is 12. The Morgan fingerprint density at radius 1 is 0.692 bits per heavy atom. The average Bonchev–Trinajstić information content (AvgIpc) is 2.65. The molecule has 1 nitrogen and oxygen atoms in total. The highest BCUT2D eigenvalue weighted by Gasteiger charge is 2.26. The van der Waals surface area contributed by atoms with Gasteiger partial charge < -0.3 is 5.73 Å². The second-order valence-corrected chi connectivity index (χ2v) is 8.87. The summed E-state index contributed by atoms with van der Waals surface area (Å²) in [5.74, 6) is 0. The molecule has 0 saturated heterocycles. The molecule has 0 aliphatic rings. The minimum Gasteiger partial charge on any atom is -0.324 e. The van der Waals surface area contributed by atoms with Crippen molar-refractivity contribution in [3.05, 3.63) is 35.9 Å². The van der Waals surface area contributed by atoms with Crippen LogP contribution in [0.4, 0.5) is 0 Å². The molecule has 26 heavy (non-hydrogen) atoms. The van der Waals surface area contributed by atoms with E-state index in [2.05, 4.69) is 51.1 Å². The second-order valence-electron chi connectivity index (χ2n) is 8.87. The second kappa shape index (κ2) is 14.3. The molecule has 1 aromatic carbocycles. The maximum atomic E-state index is 6.52. The lowest BCUT2D eigenvalue weighted by Crippen LogP contribution is -2.29. The van der Waals surface area contributed by atoms with Crippen molar-refractivity contribution in [1.82, 2.24) is 0 Å². The van der Waals surface area contributed by atoms with E-state index < -0.39 is 0 Å². The Morgan fingerprint density at radius 2 is 1.12 bits per heavy atom. The third-order valence-corrected chi connectivity index (χ3v) is 5.93. The highest BCUT2D eigenvalue weighted by Crippen LogP contribution is 2.36. The van der Waals surface area contributed by atoms with Gasteiger partial charge in [0.15, 0.2) is 0 Å². The van der Waals surface area contributed by atoms with Gasteiger partial charge in [-0.25, -0.2) is 0 Å². The molecule has 0 aliphatic carbocycles. The summed E-state index contributed by atoms with van der Waals surface area (Å²) in [6, 6.07) is 10.7. The minimum atomic E-state index is 0.140. The van der Waals surface area contributed by atoms with E-state index in [4.69, 9.17) is 5.73 Å². The molecule has 1 unspecified atom stereocenters. The zero-order valence-corrected chi connectivity index (χ0v) is 17.9.